The maximum atomic E-state index is 12.6. The van der Waals surface area contributed by atoms with Crippen LogP contribution in [0.3, 0.4) is 0 Å². The standard InChI is InChI=1S/C49H73N3O5/c1-4-6-8-10-12-17-31-52(32-18-13-11-9-7-5-2)37-46-35-47(42-28-26-40(38-53)27-29-42)57-49(56-46)45-24-20-23-44(34-45)43-22-19-21-41(33-43)36-51-48(55)25-15-14-16-30-50-39(3)54/h19-24,26-29,33-34,46-47,49,53H,4-18,25,30-32,35-38H2,1-3H3,(H,50,54)(H,51,55)/t46-,47+,49+/m1/s1. The smallest absolute Gasteiger partial charge is 0.220 e. The fraction of sp³-hybridized carbons (Fsp3) is 0.592. The van der Waals surface area contributed by atoms with Gasteiger partial charge in [0.2, 0.25) is 11.8 Å². The Labute approximate surface area is 344 Å². The van der Waals surface area contributed by atoms with Crippen molar-refractivity contribution in [3.8, 4) is 11.1 Å². The molecule has 1 saturated heterocycles. The van der Waals surface area contributed by atoms with Crippen LogP contribution in [-0.4, -0.2) is 54.1 Å². The van der Waals surface area contributed by atoms with Gasteiger partial charge in [-0.3, -0.25) is 9.59 Å². The van der Waals surface area contributed by atoms with E-state index in [1.54, 1.807) is 0 Å². The number of ether oxygens (including phenoxy) is 2. The van der Waals surface area contributed by atoms with Crippen LogP contribution in [0.1, 0.15) is 165 Å². The van der Waals surface area contributed by atoms with Crippen molar-refractivity contribution in [1.82, 2.24) is 15.5 Å². The Kier molecular flexibility index (Phi) is 22.0. The fourth-order valence-electron chi connectivity index (χ4n) is 7.71. The van der Waals surface area contributed by atoms with Crippen LogP contribution in [0, 0.1) is 0 Å². The SMILES string of the molecule is CCCCCCCCN(CCCCCCCC)C[C@H]1C[C@@H](c2ccc(CO)cc2)O[C@@H](c2cccc(-c3cccc(CNC(=O)CCCCCNC(C)=O)c3)c2)O1. The summed E-state index contributed by atoms with van der Waals surface area (Å²) in [6, 6.07) is 25.0. The lowest BCUT2D eigenvalue weighted by Gasteiger charge is -2.38. The third kappa shape index (κ3) is 17.9. The second-order valence-electron chi connectivity index (χ2n) is 16.1. The largest absolute Gasteiger partial charge is 0.392 e. The van der Waals surface area contributed by atoms with Gasteiger partial charge in [-0.05, 0) is 78.7 Å². The van der Waals surface area contributed by atoms with Gasteiger partial charge in [0.1, 0.15) is 0 Å². The number of rotatable bonds is 28. The Morgan fingerprint density at radius 2 is 1.32 bits per heavy atom. The molecular formula is C49H73N3O5. The van der Waals surface area contributed by atoms with Gasteiger partial charge < -0.3 is 30.1 Å². The highest BCUT2D eigenvalue weighted by molar-refractivity contribution is 5.76. The van der Waals surface area contributed by atoms with Crippen LogP contribution >= 0.6 is 0 Å². The van der Waals surface area contributed by atoms with Crippen LogP contribution in [0.2, 0.25) is 0 Å². The Morgan fingerprint density at radius 1 is 0.684 bits per heavy atom. The summed E-state index contributed by atoms with van der Waals surface area (Å²) >= 11 is 0. The Hall–Kier alpha value is -3.56. The van der Waals surface area contributed by atoms with E-state index >= 15 is 0 Å². The molecule has 0 radical (unpaired) electrons. The van der Waals surface area contributed by atoms with E-state index in [2.05, 4.69) is 77.9 Å². The van der Waals surface area contributed by atoms with Crippen molar-refractivity contribution in [2.45, 2.75) is 162 Å². The molecule has 314 valence electrons. The molecule has 1 aliphatic heterocycles. The van der Waals surface area contributed by atoms with Gasteiger partial charge in [0, 0.05) is 45.0 Å². The maximum absolute atomic E-state index is 12.6. The van der Waals surface area contributed by atoms with Crippen LogP contribution in [-0.2, 0) is 32.2 Å². The zero-order valence-corrected chi connectivity index (χ0v) is 35.5. The first kappa shape index (κ1) is 46.1. The summed E-state index contributed by atoms with van der Waals surface area (Å²) in [6.07, 6.45) is 18.7. The molecule has 3 N–H and O–H groups in total. The molecule has 8 nitrogen and oxygen atoms in total. The van der Waals surface area contributed by atoms with E-state index in [1.807, 2.05) is 24.3 Å². The number of hydrogen-bond acceptors (Lipinski definition) is 6. The number of aliphatic hydroxyl groups excluding tert-OH is 1. The Bertz CT molecular complexity index is 1550. The molecule has 4 rings (SSSR count). The van der Waals surface area contributed by atoms with Gasteiger partial charge in [-0.25, -0.2) is 0 Å². The summed E-state index contributed by atoms with van der Waals surface area (Å²) in [7, 11) is 0. The average Bonchev–Trinajstić information content (AvgIpc) is 3.23. The molecule has 57 heavy (non-hydrogen) atoms. The summed E-state index contributed by atoms with van der Waals surface area (Å²) in [5, 5.41) is 15.6. The molecule has 1 fully saturated rings. The summed E-state index contributed by atoms with van der Waals surface area (Å²) in [6.45, 7) is 10.3. The third-order valence-corrected chi connectivity index (χ3v) is 11.1. The summed E-state index contributed by atoms with van der Waals surface area (Å²) < 4.78 is 13.7. The highest BCUT2D eigenvalue weighted by atomic mass is 16.7. The molecule has 3 aromatic carbocycles. The maximum Gasteiger partial charge on any atom is 0.220 e. The van der Waals surface area contributed by atoms with Crippen LogP contribution in [0.25, 0.3) is 11.1 Å². The van der Waals surface area contributed by atoms with Gasteiger partial charge in [0.05, 0.1) is 18.8 Å². The normalized spacial score (nSPS) is 16.8. The first-order chi connectivity index (χ1) is 27.9. The molecule has 8 heteroatoms. The number of aliphatic hydroxyl groups is 1. The van der Waals surface area contributed by atoms with Crippen LogP contribution in [0.4, 0.5) is 0 Å². The molecule has 1 heterocycles. The summed E-state index contributed by atoms with van der Waals surface area (Å²) in [5.41, 5.74) is 6.20. The van der Waals surface area contributed by atoms with Crippen molar-refractivity contribution in [2.75, 3.05) is 26.2 Å². The van der Waals surface area contributed by atoms with E-state index in [1.165, 1.54) is 84.0 Å². The monoisotopic (exact) mass is 784 g/mol. The second kappa shape index (κ2) is 27.2. The molecule has 0 spiro atoms. The quantitative estimate of drug-likeness (QED) is 0.0634. The second-order valence-corrected chi connectivity index (χ2v) is 16.1. The van der Waals surface area contributed by atoms with E-state index in [-0.39, 0.29) is 30.6 Å². The molecule has 0 unspecified atom stereocenters. The molecule has 0 aliphatic carbocycles. The Balaban J connectivity index is 1.44. The first-order valence-electron chi connectivity index (χ1n) is 22.3. The Morgan fingerprint density at radius 3 is 1.98 bits per heavy atom. The molecule has 1 aliphatic rings. The molecular weight excluding hydrogens is 711 g/mol. The highest BCUT2D eigenvalue weighted by Crippen LogP contribution is 2.39. The summed E-state index contributed by atoms with van der Waals surface area (Å²) in [5.74, 6) is 0.0251. The van der Waals surface area contributed by atoms with Crippen molar-refractivity contribution in [1.29, 1.82) is 0 Å². The van der Waals surface area contributed by atoms with Crippen molar-refractivity contribution in [2.24, 2.45) is 0 Å². The topological polar surface area (TPSA) is 100 Å². The number of nitrogens with zero attached hydrogens (tertiary/aromatic N) is 1. The van der Waals surface area contributed by atoms with Gasteiger partial charge >= 0.3 is 0 Å². The van der Waals surface area contributed by atoms with E-state index in [4.69, 9.17) is 9.47 Å². The predicted molar refractivity (Wildman–Crippen MR) is 232 cm³/mol. The molecule has 0 aromatic heterocycles. The number of amides is 2. The van der Waals surface area contributed by atoms with Crippen molar-refractivity contribution >= 4 is 11.8 Å². The van der Waals surface area contributed by atoms with Crippen LogP contribution < -0.4 is 10.6 Å². The minimum absolute atomic E-state index is 0.0132. The number of carbonyl (C=O) groups is 2. The van der Waals surface area contributed by atoms with Gasteiger partial charge in [-0.2, -0.15) is 0 Å². The molecule has 2 amide bonds. The number of carbonyl (C=O) groups excluding carboxylic acids is 2. The molecule has 3 aromatic rings. The lowest BCUT2D eigenvalue weighted by molar-refractivity contribution is -0.253. The zero-order chi connectivity index (χ0) is 40.5. The molecule has 0 saturated carbocycles. The average molecular weight is 784 g/mol. The predicted octanol–water partition coefficient (Wildman–Crippen LogP) is 10.7. The molecule has 0 bridgehead atoms. The van der Waals surface area contributed by atoms with E-state index in [0.717, 1.165) is 78.7 Å². The van der Waals surface area contributed by atoms with Gasteiger partial charge in [-0.1, -0.05) is 145 Å². The van der Waals surface area contributed by atoms with E-state index in [9.17, 15) is 14.7 Å². The van der Waals surface area contributed by atoms with Crippen molar-refractivity contribution < 1.29 is 24.2 Å². The minimum Gasteiger partial charge on any atom is -0.392 e. The molecule has 3 atom stereocenters. The fourth-order valence-corrected chi connectivity index (χ4v) is 7.71. The number of unbranched alkanes of at least 4 members (excludes halogenated alkanes) is 12. The number of nitrogens with one attached hydrogen (secondary N) is 2. The van der Waals surface area contributed by atoms with Gasteiger partial charge in [0.25, 0.3) is 0 Å². The minimum atomic E-state index is -0.517. The van der Waals surface area contributed by atoms with Crippen LogP contribution in [0.5, 0.6) is 0 Å². The third-order valence-electron chi connectivity index (χ3n) is 11.1. The van der Waals surface area contributed by atoms with E-state index < -0.39 is 6.29 Å². The van der Waals surface area contributed by atoms with Crippen molar-refractivity contribution in [3.05, 3.63) is 95.1 Å². The van der Waals surface area contributed by atoms with Gasteiger partial charge in [0.15, 0.2) is 6.29 Å². The zero-order valence-electron chi connectivity index (χ0n) is 35.5. The lowest BCUT2D eigenvalue weighted by atomic mass is 9.98. The van der Waals surface area contributed by atoms with Gasteiger partial charge in [-0.15, -0.1) is 0 Å². The number of hydrogen-bond donors (Lipinski definition) is 3. The lowest BCUT2D eigenvalue weighted by Crippen LogP contribution is -2.40. The van der Waals surface area contributed by atoms with E-state index in [0.29, 0.717) is 19.5 Å². The van der Waals surface area contributed by atoms with Crippen molar-refractivity contribution in [3.63, 3.8) is 0 Å². The summed E-state index contributed by atoms with van der Waals surface area (Å²) in [4.78, 5) is 26.3. The van der Waals surface area contributed by atoms with Crippen LogP contribution in [0.15, 0.2) is 72.8 Å². The first-order valence-corrected chi connectivity index (χ1v) is 22.3. The number of benzene rings is 3. The highest BCUT2D eigenvalue weighted by Gasteiger charge is 2.33.